The number of alkyl halides is 1. The van der Waals surface area contributed by atoms with Gasteiger partial charge in [0.2, 0.25) is 0 Å². The summed E-state index contributed by atoms with van der Waals surface area (Å²) in [6.07, 6.45) is 11.0. The maximum atomic E-state index is 10.1. The normalized spacial score (nSPS) is 9.81. The van der Waals surface area contributed by atoms with Crippen molar-refractivity contribution < 1.29 is 39.5 Å². The Hall–Kier alpha value is 0.950. The minimum Gasteiger partial charge on any atom is -0.550 e. The van der Waals surface area contributed by atoms with Crippen LogP contribution in [0.3, 0.4) is 0 Å². The summed E-state index contributed by atoms with van der Waals surface area (Å²) in [6.45, 7) is 0. The molecule has 0 fully saturated rings. The molecule has 0 saturated heterocycles. The predicted octanol–water partition coefficient (Wildman–Crippen LogP) is 0.0362. The molecule has 16 heavy (non-hydrogen) atoms. The van der Waals surface area contributed by atoms with E-state index in [1.54, 1.807) is 0 Å². The second kappa shape index (κ2) is 16.0. The van der Waals surface area contributed by atoms with Gasteiger partial charge in [-0.15, -0.1) is 0 Å². The number of aliphatic carboxylic acids is 1. The first kappa shape index (κ1) is 19.3. The summed E-state index contributed by atoms with van der Waals surface area (Å²) >= 11 is 3.42. The van der Waals surface area contributed by atoms with Gasteiger partial charge >= 0.3 is 29.6 Å². The Kier molecular flexibility index (Phi) is 19.2. The molecular formula is C12H22BrNaO2. The molecule has 0 spiro atoms. The van der Waals surface area contributed by atoms with Gasteiger partial charge in [-0.2, -0.15) is 0 Å². The molecule has 0 rings (SSSR count). The molecule has 0 atom stereocenters. The molecule has 0 radical (unpaired) electrons. The number of rotatable bonds is 11. The van der Waals surface area contributed by atoms with E-state index in [4.69, 9.17) is 0 Å². The molecule has 0 aliphatic rings. The maximum Gasteiger partial charge on any atom is 1.00 e. The van der Waals surface area contributed by atoms with Crippen molar-refractivity contribution in [1.82, 2.24) is 0 Å². The van der Waals surface area contributed by atoms with Gasteiger partial charge in [-0.25, -0.2) is 0 Å². The summed E-state index contributed by atoms with van der Waals surface area (Å²) < 4.78 is 0. The number of carbonyl (C=O) groups excluding carboxylic acids is 1. The molecule has 0 bridgehead atoms. The molecule has 90 valence electrons. The standard InChI is InChI=1S/C12H23BrO2.Na/c13-11-9-7-5-3-1-2-4-6-8-10-12(14)15;/h1-11H2,(H,14,15);/q;+1/p-1. The summed E-state index contributed by atoms with van der Waals surface area (Å²) in [5.41, 5.74) is 0. The van der Waals surface area contributed by atoms with Crippen LogP contribution in [0.1, 0.15) is 64.2 Å². The first-order valence-electron chi connectivity index (χ1n) is 6.03. The van der Waals surface area contributed by atoms with Crippen LogP contribution in [-0.2, 0) is 4.79 Å². The Morgan fingerprint density at radius 1 is 0.812 bits per heavy atom. The Morgan fingerprint density at radius 3 is 1.56 bits per heavy atom. The molecule has 0 aromatic carbocycles. The molecule has 0 N–H and O–H groups in total. The third-order valence-electron chi connectivity index (χ3n) is 2.51. The van der Waals surface area contributed by atoms with Crippen molar-refractivity contribution in [2.45, 2.75) is 64.2 Å². The van der Waals surface area contributed by atoms with Gasteiger partial charge in [-0.1, -0.05) is 60.9 Å². The number of unbranched alkanes of at least 4 members (excludes halogenated alkanes) is 8. The van der Waals surface area contributed by atoms with E-state index >= 15 is 0 Å². The topological polar surface area (TPSA) is 40.1 Å². The van der Waals surface area contributed by atoms with Gasteiger partial charge in [0.05, 0.1) is 0 Å². The van der Waals surface area contributed by atoms with Crippen molar-refractivity contribution in [3.8, 4) is 0 Å². The fourth-order valence-electron chi connectivity index (χ4n) is 1.60. The Morgan fingerprint density at radius 2 is 1.19 bits per heavy atom. The van der Waals surface area contributed by atoms with Crippen LogP contribution >= 0.6 is 15.9 Å². The zero-order chi connectivity index (χ0) is 11.4. The maximum absolute atomic E-state index is 10.1. The molecule has 0 aromatic heterocycles. The average Bonchev–Trinajstić information content (AvgIpc) is 2.20. The van der Waals surface area contributed by atoms with Crippen LogP contribution in [0, 0.1) is 0 Å². The quantitative estimate of drug-likeness (QED) is 0.307. The SMILES string of the molecule is O=C([O-])CCCCCCCCCCCBr.[Na+]. The van der Waals surface area contributed by atoms with Crippen molar-refractivity contribution >= 4 is 21.9 Å². The summed E-state index contributed by atoms with van der Waals surface area (Å²) in [5.74, 6) is -0.912. The smallest absolute Gasteiger partial charge is 0.550 e. The van der Waals surface area contributed by atoms with Gasteiger partial charge in [0, 0.05) is 11.3 Å². The van der Waals surface area contributed by atoms with E-state index in [2.05, 4.69) is 15.9 Å². The molecule has 0 saturated carbocycles. The van der Waals surface area contributed by atoms with E-state index in [1.165, 1.54) is 44.9 Å². The van der Waals surface area contributed by atoms with E-state index < -0.39 is 5.97 Å². The van der Waals surface area contributed by atoms with Gasteiger partial charge < -0.3 is 9.90 Å². The monoisotopic (exact) mass is 300 g/mol. The van der Waals surface area contributed by atoms with Crippen LogP contribution in [0.5, 0.6) is 0 Å². The molecule has 2 nitrogen and oxygen atoms in total. The Balaban J connectivity index is 0. The Bertz CT molecular complexity index is 154. The Labute approximate surface area is 130 Å². The van der Waals surface area contributed by atoms with Gasteiger partial charge in [-0.05, 0) is 19.3 Å². The van der Waals surface area contributed by atoms with Gasteiger partial charge in [0.1, 0.15) is 0 Å². The second-order valence-electron chi connectivity index (χ2n) is 3.99. The average molecular weight is 301 g/mol. The van der Waals surface area contributed by atoms with Crippen LogP contribution in [0.25, 0.3) is 0 Å². The van der Waals surface area contributed by atoms with Crippen molar-refractivity contribution in [3.63, 3.8) is 0 Å². The summed E-state index contributed by atoms with van der Waals surface area (Å²) in [4.78, 5) is 10.1. The number of hydrogen-bond donors (Lipinski definition) is 0. The van der Waals surface area contributed by atoms with Gasteiger partial charge in [0.25, 0.3) is 0 Å². The molecule has 0 unspecified atom stereocenters. The predicted molar refractivity (Wildman–Crippen MR) is 65.0 cm³/mol. The van der Waals surface area contributed by atoms with Crippen molar-refractivity contribution in [3.05, 3.63) is 0 Å². The van der Waals surface area contributed by atoms with Crippen molar-refractivity contribution in [2.24, 2.45) is 0 Å². The molecule has 0 amide bonds. The van der Waals surface area contributed by atoms with Crippen molar-refractivity contribution in [1.29, 1.82) is 0 Å². The number of carboxylic acids is 1. The summed E-state index contributed by atoms with van der Waals surface area (Å²) in [5, 5.41) is 11.2. The zero-order valence-corrected chi connectivity index (χ0v) is 14.1. The van der Waals surface area contributed by atoms with E-state index in [0.29, 0.717) is 0 Å². The van der Waals surface area contributed by atoms with Crippen LogP contribution in [0.15, 0.2) is 0 Å². The minimum atomic E-state index is -0.912. The van der Waals surface area contributed by atoms with E-state index in [1.807, 2.05) is 0 Å². The van der Waals surface area contributed by atoms with Gasteiger partial charge in [0.15, 0.2) is 0 Å². The second-order valence-corrected chi connectivity index (χ2v) is 4.79. The molecule has 0 aliphatic heterocycles. The fourth-order valence-corrected chi connectivity index (χ4v) is 2.00. The van der Waals surface area contributed by atoms with E-state index in [-0.39, 0.29) is 36.0 Å². The van der Waals surface area contributed by atoms with Crippen LogP contribution in [0.2, 0.25) is 0 Å². The molecular weight excluding hydrogens is 279 g/mol. The fraction of sp³-hybridized carbons (Fsp3) is 0.917. The van der Waals surface area contributed by atoms with E-state index in [9.17, 15) is 9.90 Å². The number of halogens is 1. The molecule has 0 aliphatic carbocycles. The molecule has 4 heteroatoms. The molecule has 0 aromatic rings. The third kappa shape index (κ3) is 17.3. The summed E-state index contributed by atoms with van der Waals surface area (Å²) in [6, 6.07) is 0. The zero-order valence-electron chi connectivity index (χ0n) is 10.5. The first-order chi connectivity index (χ1) is 7.27. The van der Waals surface area contributed by atoms with Crippen molar-refractivity contribution in [2.75, 3.05) is 5.33 Å². The largest absolute Gasteiger partial charge is 1.00 e. The molecule has 0 heterocycles. The first-order valence-corrected chi connectivity index (χ1v) is 7.15. The third-order valence-corrected chi connectivity index (χ3v) is 3.08. The summed E-state index contributed by atoms with van der Waals surface area (Å²) in [7, 11) is 0. The van der Waals surface area contributed by atoms with Crippen LogP contribution in [-0.4, -0.2) is 11.3 Å². The number of carbonyl (C=O) groups is 1. The van der Waals surface area contributed by atoms with Crippen LogP contribution in [0.4, 0.5) is 0 Å². The number of carboxylic acid groups (broad SMARTS) is 1. The van der Waals surface area contributed by atoms with Gasteiger partial charge in [-0.3, -0.25) is 0 Å². The number of hydrogen-bond acceptors (Lipinski definition) is 2. The minimum absolute atomic E-state index is 0. The van der Waals surface area contributed by atoms with Crippen LogP contribution < -0.4 is 34.7 Å². The van der Waals surface area contributed by atoms with E-state index in [0.717, 1.165) is 18.2 Å².